The fourth-order valence-electron chi connectivity index (χ4n) is 8.69. The summed E-state index contributed by atoms with van der Waals surface area (Å²) in [4.78, 5) is 25.4. The van der Waals surface area contributed by atoms with Gasteiger partial charge in [-0.1, -0.05) is 271 Å². The first-order valence-electron chi connectivity index (χ1n) is 27.9. The monoisotopic (exact) mass is 915 g/mol. The summed E-state index contributed by atoms with van der Waals surface area (Å²) >= 11 is 0. The van der Waals surface area contributed by atoms with Crippen LogP contribution in [0.25, 0.3) is 0 Å². The Morgan fingerprint density at radius 3 is 1.08 bits per heavy atom. The highest BCUT2D eigenvalue weighted by Gasteiger charge is 2.24. The van der Waals surface area contributed by atoms with E-state index in [1.165, 1.54) is 225 Å². The molecule has 0 bridgehead atoms. The van der Waals surface area contributed by atoms with Crippen LogP contribution in [0.3, 0.4) is 0 Å². The number of carbonyl (C=O) groups excluding carboxylic acids is 1. The summed E-state index contributed by atoms with van der Waals surface area (Å²) in [5.74, 6) is -0.159. The average Bonchev–Trinajstić information content (AvgIpc) is 3.24. The van der Waals surface area contributed by atoms with E-state index in [-0.39, 0.29) is 19.1 Å². The van der Waals surface area contributed by atoms with Crippen LogP contribution in [-0.2, 0) is 18.4 Å². The number of phosphoric ester groups is 1. The van der Waals surface area contributed by atoms with Crippen molar-refractivity contribution >= 4 is 13.7 Å². The molecule has 0 saturated carbocycles. The molecule has 3 atom stereocenters. The smallest absolute Gasteiger partial charge is 0.268 e. The molecule has 0 aromatic carbocycles. The van der Waals surface area contributed by atoms with Gasteiger partial charge in [0.1, 0.15) is 13.2 Å². The van der Waals surface area contributed by atoms with Crippen LogP contribution in [0, 0.1) is 0 Å². The summed E-state index contributed by atoms with van der Waals surface area (Å²) < 4.78 is 23.3. The average molecular weight is 915 g/mol. The second-order valence-corrected chi connectivity index (χ2v) is 22.1. The van der Waals surface area contributed by atoms with Crippen LogP contribution in [0.1, 0.15) is 290 Å². The Bertz CT molecular complexity index is 994. The third kappa shape index (κ3) is 49.2. The van der Waals surface area contributed by atoms with Gasteiger partial charge >= 0.3 is 0 Å². The number of aliphatic hydroxyl groups is 1. The Balaban J connectivity index is 3.94. The molecule has 0 saturated heterocycles. The first-order chi connectivity index (χ1) is 30.5. The van der Waals surface area contributed by atoms with Crippen molar-refractivity contribution in [3.63, 3.8) is 0 Å². The molecule has 0 spiro atoms. The zero-order valence-corrected chi connectivity index (χ0v) is 44.0. The van der Waals surface area contributed by atoms with E-state index < -0.39 is 20.0 Å². The van der Waals surface area contributed by atoms with E-state index in [4.69, 9.17) is 9.05 Å². The van der Waals surface area contributed by atoms with E-state index in [1.54, 1.807) is 0 Å². The molecular weight excluding hydrogens is 804 g/mol. The Hall–Kier alpha value is -0.500. The maximum Gasteiger partial charge on any atom is 0.268 e. The molecule has 8 nitrogen and oxygen atoms in total. The van der Waals surface area contributed by atoms with Crippen LogP contribution < -0.4 is 10.2 Å². The second kappa shape index (κ2) is 46.6. The van der Waals surface area contributed by atoms with Crippen molar-refractivity contribution in [2.75, 3.05) is 40.9 Å². The molecule has 0 aromatic rings. The van der Waals surface area contributed by atoms with E-state index in [9.17, 15) is 19.4 Å². The predicted molar refractivity (Wildman–Crippen MR) is 270 cm³/mol. The fraction of sp³-hybridized carbons (Fsp3) is 0.981. The lowest BCUT2D eigenvalue weighted by Gasteiger charge is -2.30. The van der Waals surface area contributed by atoms with E-state index >= 15 is 0 Å². The number of rotatable bonds is 52. The molecule has 378 valence electrons. The third-order valence-electron chi connectivity index (χ3n) is 13.1. The number of quaternary nitrogens is 1. The molecule has 0 aliphatic heterocycles. The molecule has 0 aliphatic carbocycles. The van der Waals surface area contributed by atoms with Crippen LogP contribution in [-0.4, -0.2) is 68.5 Å². The zero-order chi connectivity index (χ0) is 46.4. The first-order valence-corrected chi connectivity index (χ1v) is 29.3. The molecule has 1 amide bonds. The van der Waals surface area contributed by atoms with Gasteiger partial charge in [-0.2, -0.15) is 0 Å². The highest BCUT2D eigenvalue weighted by molar-refractivity contribution is 7.45. The maximum atomic E-state index is 12.9. The fourth-order valence-corrected chi connectivity index (χ4v) is 9.41. The van der Waals surface area contributed by atoms with Gasteiger partial charge in [0.2, 0.25) is 5.91 Å². The van der Waals surface area contributed by atoms with Crippen molar-refractivity contribution in [2.45, 2.75) is 302 Å². The van der Waals surface area contributed by atoms with Gasteiger partial charge in [-0.3, -0.25) is 9.36 Å². The Kier molecular flexibility index (Phi) is 46.2. The minimum atomic E-state index is -4.56. The van der Waals surface area contributed by atoms with Gasteiger partial charge in [-0.25, -0.2) is 0 Å². The Labute approximate surface area is 393 Å². The van der Waals surface area contributed by atoms with Crippen LogP contribution in [0.15, 0.2) is 0 Å². The van der Waals surface area contributed by atoms with Crippen molar-refractivity contribution in [1.82, 2.24) is 5.32 Å². The Morgan fingerprint density at radius 2 is 0.778 bits per heavy atom. The quantitative estimate of drug-likeness (QED) is 0.0357. The van der Waals surface area contributed by atoms with Gasteiger partial charge in [-0.05, 0) is 12.8 Å². The Morgan fingerprint density at radius 1 is 0.492 bits per heavy atom. The number of hydrogen-bond donors (Lipinski definition) is 2. The molecule has 0 radical (unpaired) electrons. The molecule has 0 aromatic heterocycles. The van der Waals surface area contributed by atoms with Crippen molar-refractivity contribution in [3.05, 3.63) is 0 Å². The van der Waals surface area contributed by atoms with Crippen LogP contribution in [0.2, 0.25) is 0 Å². The van der Waals surface area contributed by atoms with Gasteiger partial charge in [0, 0.05) is 6.42 Å². The van der Waals surface area contributed by atoms with E-state index in [0.29, 0.717) is 23.9 Å². The number of carbonyl (C=O) groups is 1. The SMILES string of the molecule is CCCCCCCCCCCCCCCCCCCCCCCCCCCCCCCCC(=O)N[C@@H](COP(=O)([O-])OCC[N+](C)(C)C)[C@H](O)CCCCCCCCCCCCC. The molecule has 2 N–H and O–H groups in total. The van der Waals surface area contributed by atoms with Crippen molar-refractivity contribution in [3.8, 4) is 0 Å². The standard InChI is InChI=1S/C54H111N2O6P/c1-6-8-10-12-14-16-18-19-20-21-22-23-24-25-26-27-28-29-30-31-32-33-34-35-36-38-40-42-44-46-48-54(58)55-52(51-62-63(59,60)61-50-49-56(3,4)5)53(57)47-45-43-41-39-37-17-15-13-11-9-7-2/h52-53,57H,6-51H2,1-5H3,(H-,55,58,59,60)/t52-,53+/m0/s1. The number of likely N-dealkylation sites (N-methyl/N-ethyl adjacent to an activating group) is 1. The normalized spacial score (nSPS) is 14.0. The van der Waals surface area contributed by atoms with Gasteiger partial charge in [-0.15, -0.1) is 0 Å². The number of unbranched alkanes of at least 4 members (excludes halogenated alkanes) is 39. The molecule has 0 aliphatic rings. The van der Waals surface area contributed by atoms with Gasteiger partial charge in [0.25, 0.3) is 7.82 Å². The number of phosphoric acid groups is 1. The van der Waals surface area contributed by atoms with Gasteiger partial charge in [0.15, 0.2) is 0 Å². The highest BCUT2D eigenvalue weighted by atomic mass is 31.2. The highest BCUT2D eigenvalue weighted by Crippen LogP contribution is 2.38. The number of aliphatic hydroxyl groups excluding tert-OH is 1. The van der Waals surface area contributed by atoms with E-state index in [1.807, 2.05) is 21.1 Å². The second-order valence-electron chi connectivity index (χ2n) is 20.7. The topological polar surface area (TPSA) is 108 Å². The molecule has 63 heavy (non-hydrogen) atoms. The number of hydrogen-bond acceptors (Lipinski definition) is 6. The largest absolute Gasteiger partial charge is 0.756 e. The summed E-state index contributed by atoms with van der Waals surface area (Å²) in [7, 11) is 1.32. The third-order valence-corrected chi connectivity index (χ3v) is 14.1. The van der Waals surface area contributed by atoms with Crippen molar-refractivity contribution in [2.24, 2.45) is 0 Å². The summed E-state index contributed by atoms with van der Waals surface area (Å²) in [5, 5.41) is 13.9. The van der Waals surface area contributed by atoms with Crippen LogP contribution >= 0.6 is 7.82 Å². The minimum absolute atomic E-state index is 0.0162. The van der Waals surface area contributed by atoms with E-state index in [0.717, 1.165) is 38.5 Å². The summed E-state index contributed by atoms with van der Waals surface area (Å²) in [5.41, 5.74) is 0. The lowest BCUT2D eigenvalue weighted by Crippen LogP contribution is -2.46. The summed E-state index contributed by atoms with van der Waals surface area (Å²) in [6.45, 7) is 4.75. The van der Waals surface area contributed by atoms with Crippen molar-refractivity contribution in [1.29, 1.82) is 0 Å². The zero-order valence-electron chi connectivity index (χ0n) is 43.1. The molecule has 9 heteroatoms. The molecule has 0 rings (SSSR count). The minimum Gasteiger partial charge on any atom is -0.756 e. The predicted octanol–water partition coefficient (Wildman–Crippen LogP) is 15.9. The maximum absolute atomic E-state index is 12.9. The first kappa shape index (κ1) is 62.5. The number of nitrogens with one attached hydrogen (secondary N) is 1. The van der Waals surface area contributed by atoms with Gasteiger partial charge in [0.05, 0.1) is 39.9 Å². The van der Waals surface area contributed by atoms with Crippen molar-refractivity contribution < 1.29 is 32.9 Å². The molecule has 0 fully saturated rings. The summed E-state index contributed by atoms with van der Waals surface area (Å²) in [6, 6.07) is -0.793. The lowest BCUT2D eigenvalue weighted by molar-refractivity contribution is -0.870. The van der Waals surface area contributed by atoms with Gasteiger partial charge < -0.3 is 28.8 Å². The molecular formula is C54H111N2O6P. The summed E-state index contributed by atoms with van der Waals surface area (Å²) in [6.07, 6.45) is 54.4. The molecule has 0 heterocycles. The van der Waals surface area contributed by atoms with Crippen LogP contribution in [0.5, 0.6) is 0 Å². The van der Waals surface area contributed by atoms with E-state index in [2.05, 4.69) is 19.2 Å². The van der Waals surface area contributed by atoms with Crippen LogP contribution in [0.4, 0.5) is 0 Å². The molecule has 1 unspecified atom stereocenters. The number of amides is 1. The lowest BCUT2D eigenvalue weighted by atomic mass is 10.0. The number of nitrogens with zero attached hydrogens (tertiary/aromatic N) is 1.